The van der Waals surface area contributed by atoms with Gasteiger partial charge in [-0.05, 0) is 13.0 Å². The van der Waals surface area contributed by atoms with Gasteiger partial charge in [-0.15, -0.1) is 0 Å². The highest BCUT2D eigenvalue weighted by Crippen LogP contribution is 2.23. The number of pyridine rings is 1. The first kappa shape index (κ1) is 13.3. The molecule has 1 rings (SSSR count). The van der Waals surface area contributed by atoms with Crippen LogP contribution in [-0.2, 0) is 9.53 Å². The second-order valence-corrected chi connectivity index (χ2v) is 3.98. The molecule has 0 saturated carbocycles. The van der Waals surface area contributed by atoms with Gasteiger partial charge in [0.05, 0.1) is 23.6 Å². The predicted octanol–water partition coefficient (Wildman–Crippen LogP) is 1.02. The number of carbonyl (C=O) groups excluding carboxylic acids is 1. The van der Waals surface area contributed by atoms with E-state index in [4.69, 9.17) is 15.6 Å². The van der Waals surface area contributed by atoms with E-state index in [9.17, 15) is 9.59 Å². The lowest BCUT2D eigenvalue weighted by Crippen LogP contribution is -2.07. The Balaban J connectivity index is 2.66. The van der Waals surface area contributed by atoms with Gasteiger partial charge in [0.2, 0.25) is 0 Å². The first-order chi connectivity index (χ1) is 8.04. The fourth-order valence-electron chi connectivity index (χ4n) is 1.04. The number of hydrogen-bond donors (Lipinski definition) is 2. The number of nitrogens with zero attached hydrogens (tertiary/aromatic N) is 1. The highest BCUT2D eigenvalue weighted by Gasteiger charge is 2.10. The zero-order valence-corrected chi connectivity index (χ0v) is 9.99. The van der Waals surface area contributed by atoms with Gasteiger partial charge < -0.3 is 15.6 Å². The van der Waals surface area contributed by atoms with Crippen LogP contribution >= 0.6 is 11.8 Å². The summed E-state index contributed by atoms with van der Waals surface area (Å²) in [6, 6.07) is 1.31. The van der Waals surface area contributed by atoms with Gasteiger partial charge in [-0.25, -0.2) is 9.78 Å². The normalized spacial score (nSPS) is 9.94. The summed E-state index contributed by atoms with van der Waals surface area (Å²) in [5.74, 6) is -1.36. The second kappa shape index (κ2) is 6.09. The molecule has 7 heteroatoms. The molecule has 0 radical (unpaired) electrons. The zero-order valence-electron chi connectivity index (χ0n) is 9.17. The van der Waals surface area contributed by atoms with Crippen molar-refractivity contribution in [3.8, 4) is 0 Å². The van der Waals surface area contributed by atoms with Crippen molar-refractivity contribution in [2.75, 3.05) is 18.1 Å². The summed E-state index contributed by atoms with van der Waals surface area (Å²) in [6.07, 6.45) is 1.20. The number of rotatable bonds is 5. The summed E-state index contributed by atoms with van der Waals surface area (Å²) < 4.78 is 4.74. The van der Waals surface area contributed by atoms with Crippen molar-refractivity contribution >= 4 is 29.4 Å². The van der Waals surface area contributed by atoms with E-state index in [1.165, 1.54) is 12.3 Å². The number of nitrogen functional groups attached to an aromatic ring is 1. The van der Waals surface area contributed by atoms with E-state index in [0.717, 1.165) is 11.8 Å². The van der Waals surface area contributed by atoms with E-state index >= 15 is 0 Å². The molecule has 0 bridgehead atoms. The molecule has 0 aromatic carbocycles. The van der Waals surface area contributed by atoms with Crippen molar-refractivity contribution in [2.24, 2.45) is 0 Å². The van der Waals surface area contributed by atoms with Crippen LogP contribution in [0.5, 0.6) is 0 Å². The van der Waals surface area contributed by atoms with E-state index < -0.39 is 5.97 Å². The van der Waals surface area contributed by atoms with Crippen molar-refractivity contribution < 1.29 is 19.4 Å². The number of carboxylic acids is 1. The highest BCUT2D eigenvalue weighted by molar-refractivity contribution is 8.00. The molecular weight excluding hydrogens is 244 g/mol. The minimum absolute atomic E-state index is 0.0167. The van der Waals surface area contributed by atoms with E-state index in [1.807, 2.05) is 0 Å². The Kier molecular flexibility index (Phi) is 4.77. The number of anilines is 1. The maximum absolute atomic E-state index is 11.1. The topological polar surface area (TPSA) is 103 Å². The highest BCUT2D eigenvalue weighted by atomic mass is 32.2. The molecule has 1 heterocycles. The smallest absolute Gasteiger partial charge is 0.337 e. The average molecular weight is 256 g/mol. The number of carbonyl (C=O) groups is 2. The quantitative estimate of drug-likeness (QED) is 0.598. The molecule has 0 atom stereocenters. The molecule has 17 heavy (non-hydrogen) atoms. The van der Waals surface area contributed by atoms with Crippen LogP contribution in [0.3, 0.4) is 0 Å². The van der Waals surface area contributed by atoms with Crippen molar-refractivity contribution in [2.45, 2.75) is 11.9 Å². The molecule has 1 aromatic heterocycles. The maximum Gasteiger partial charge on any atom is 0.337 e. The molecule has 92 valence electrons. The Bertz CT molecular complexity index is 436. The van der Waals surface area contributed by atoms with Crippen LogP contribution in [0.1, 0.15) is 17.3 Å². The largest absolute Gasteiger partial charge is 0.478 e. The summed E-state index contributed by atoms with van der Waals surface area (Å²) in [5.41, 5.74) is 5.87. The van der Waals surface area contributed by atoms with Gasteiger partial charge in [-0.2, -0.15) is 0 Å². The first-order valence-corrected chi connectivity index (χ1v) is 5.80. The number of hydrogen-bond acceptors (Lipinski definition) is 6. The Hall–Kier alpha value is -1.76. The maximum atomic E-state index is 11.1. The number of ether oxygens (including phenoxy) is 1. The molecule has 0 saturated heterocycles. The molecule has 3 N–H and O–H groups in total. The number of nitrogens with two attached hydrogens (primary N) is 1. The van der Waals surface area contributed by atoms with Crippen LogP contribution in [0, 0.1) is 0 Å². The van der Waals surface area contributed by atoms with Gasteiger partial charge in [0, 0.05) is 6.20 Å². The van der Waals surface area contributed by atoms with Gasteiger partial charge in [-0.3, -0.25) is 4.79 Å². The number of thioether (sulfide) groups is 1. The molecule has 0 aliphatic carbocycles. The molecule has 0 aliphatic heterocycles. The van der Waals surface area contributed by atoms with Gasteiger partial charge in [0.1, 0.15) is 5.03 Å². The number of esters is 1. The minimum Gasteiger partial charge on any atom is -0.478 e. The summed E-state index contributed by atoms with van der Waals surface area (Å²) in [5, 5.41) is 9.13. The van der Waals surface area contributed by atoms with E-state index in [1.54, 1.807) is 6.92 Å². The molecule has 0 spiro atoms. The van der Waals surface area contributed by atoms with Crippen LogP contribution in [0.25, 0.3) is 0 Å². The van der Waals surface area contributed by atoms with Gasteiger partial charge in [-0.1, -0.05) is 11.8 Å². The molecule has 6 nitrogen and oxygen atoms in total. The van der Waals surface area contributed by atoms with Crippen LogP contribution < -0.4 is 5.73 Å². The fraction of sp³-hybridized carbons (Fsp3) is 0.300. The Morgan fingerprint density at radius 3 is 2.82 bits per heavy atom. The lowest BCUT2D eigenvalue weighted by atomic mass is 10.3. The predicted molar refractivity (Wildman–Crippen MR) is 63.0 cm³/mol. The van der Waals surface area contributed by atoms with Gasteiger partial charge in [0.25, 0.3) is 0 Å². The minimum atomic E-state index is -1.09. The standard InChI is InChI=1S/C10H12N2O4S/c1-2-16-8(13)5-17-9-7(11)3-6(4-12-9)10(14)15/h3-4H,2,5,11H2,1H3,(H,14,15). The lowest BCUT2D eigenvalue weighted by Gasteiger charge is -2.05. The molecule has 1 aromatic rings. The van der Waals surface area contributed by atoms with Crippen LogP contribution in [0.2, 0.25) is 0 Å². The lowest BCUT2D eigenvalue weighted by molar-refractivity contribution is -0.139. The monoisotopic (exact) mass is 256 g/mol. The molecule has 0 amide bonds. The first-order valence-electron chi connectivity index (χ1n) is 4.81. The fourth-order valence-corrected chi connectivity index (χ4v) is 1.73. The van der Waals surface area contributed by atoms with E-state index in [-0.39, 0.29) is 23.0 Å². The van der Waals surface area contributed by atoms with E-state index in [2.05, 4.69) is 4.98 Å². The molecule has 0 aliphatic rings. The number of carboxylic acid groups (broad SMARTS) is 1. The molecular formula is C10H12N2O4S. The number of aromatic carboxylic acids is 1. The Labute approximate surface area is 102 Å². The summed E-state index contributed by atoms with van der Waals surface area (Å²) in [7, 11) is 0. The van der Waals surface area contributed by atoms with Gasteiger partial charge in [0.15, 0.2) is 0 Å². The van der Waals surface area contributed by atoms with E-state index in [0.29, 0.717) is 11.6 Å². The van der Waals surface area contributed by atoms with Gasteiger partial charge >= 0.3 is 11.9 Å². The summed E-state index contributed by atoms with van der Waals surface area (Å²) in [4.78, 5) is 25.6. The van der Waals surface area contributed by atoms with Crippen molar-refractivity contribution in [1.82, 2.24) is 4.98 Å². The van der Waals surface area contributed by atoms with Crippen LogP contribution in [0.15, 0.2) is 17.3 Å². The second-order valence-electron chi connectivity index (χ2n) is 3.02. The SMILES string of the molecule is CCOC(=O)CSc1ncc(C(=O)O)cc1N. The summed E-state index contributed by atoms with van der Waals surface area (Å²) >= 11 is 1.11. The third-order valence-electron chi connectivity index (χ3n) is 1.76. The third kappa shape index (κ3) is 3.95. The van der Waals surface area contributed by atoms with Crippen LogP contribution in [0.4, 0.5) is 5.69 Å². The molecule has 0 unspecified atom stereocenters. The third-order valence-corrected chi connectivity index (χ3v) is 2.75. The van der Waals surface area contributed by atoms with Crippen molar-refractivity contribution in [3.63, 3.8) is 0 Å². The molecule has 0 fully saturated rings. The van der Waals surface area contributed by atoms with Crippen molar-refractivity contribution in [3.05, 3.63) is 17.8 Å². The Morgan fingerprint density at radius 2 is 2.29 bits per heavy atom. The average Bonchev–Trinajstić information content (AvgIpc) is 2.27. The Morgan fingerprint density at radius 1 is 1.59 bits per heavy atom. The summed E-state index contributed by atoms with van der Waals surface area (Å²) in [6.45, 7) is 2.04. The van der Waals surface area contributed by atoms with Crippen molar-refractivity contribution in [1.29, 1.82) is 0 Å². The zero-order chi connectivity index (χ0) is 12.8. The number of aromatic nitrogens is 1. The van der Waals surface area contributed by atoms with Crippen LogP contribution in [-0.4, -0.2) is 34.4 Å².